The third kappa shape index (κ3) is 3.38. The smallest absolute Gasteiger partial charge is 0.0832 e. The lowest BCUT2D eigenvalue weighted by atomic mass is 9.86. The molecule has 0 saturated heterocycles. The van der Waals surface area contributed by atoms with Crippen molar-refractivity contribution in [2.45, 2.75) is 65.5 Å². The van der Waals surface area contributed by atoms with Crippen molar-refractivity contribution in [3.8, 4) is 0 Å². The van der Waals surface area contributed by atoms with Crippen molar-refractivity contribution >= 4 is 0 Å². The summed E-state index contributed by atoms with van der Waals surface area (Å²) in [4.78, 5) is 0. The van der Waals surface area contributed by atoms with Crippen LogP contribution in [0.2, 0.25) is 0 Å². The van der Waals surface area contributed by atoms with Gasteiger partial charge < -0.3 is 9.67 Å². The average molecular weight is 249 g/mol. The molecule has 0 radical (unpaired) electrons. The van der Waals surface area contributed by atoms with Crippen LogP contribution in [0.3, 0.4) is 0 Å². The SMILES string of the molecule is CC(C)Cn1c(CO)ccc1CC1CCCCC1. The predicted molar refractivity (Wildman–Crippen MR) is 75.5 cm³/mol. The number of hydrogen-bond donors (Lipinski definition) is 1. The highest BCUT2D eigenvalue weighted by atomic mass is 16.3. The van der Waals surface area contributed by atoms with Crippen molar-refractivity contribution in [1.29, 1.82) is 0 Å². The Morgan fingerprint density at radius 1 is 1.17 bits per heavy atom. The van der Waals surface area contributed by atoms with Crippen LogP contribution in [0, 0.1) is 11.8 Å². The quantitative estimate of drug-likeness (QED) is 0.844. The Bertz CT molecular complexity index is 361. The van der Waals surface area contributed by atoms with Crippen LogP contribution in [0.1, 0.15) is 57.3 Å². The van der Waals surface area contributed by atoms with E-state index < -0.39 is 0 Å². The van der Waals surface area contributed by atoms with Crippen LogP contribution in [0.5, 0.6) is 0 Å². The molecule has 1 fully saturated rings. The number of rotatable bonds is 5. The molecule has 1 aromatic rings. The molecule has 18 heavy (non-hydrogen) atoms. The largest absolute Gasteiger partial charge is 0.390 e. The van der Waals surface area contributed by atoms with Crippen LogP contribution < -0.4 is 0 Å². The molecule has 0 spiro atoms. The highest BCUT2D eigenvalue weighted by Crippen LogP contribution is 2.27. The molecule has 0 aromatic carbocycles. The van der Waals surface area contributed by atoms with Crippen LogP contribution in [0.4, 0.5) is 0 Å². The Morgan fingerprint density at radius 3 is 2.44 bits per heavy atom. The van der Waals surface area contributed by atoms with Gasteiger partial charge in [-0.25, -0.2) is 0 Å². The van der Waals surface area contributed by atoms with E-state index in [0.717, 1.165) is 18.2 Å². The molecule has 2 heteroatoms. The van der Waals surface area contributed by atoms with Crippen molar-refractivity contribution in [3.05, 3.63) is 23.5 Å². The number of hydrogen-bond acceptors (Lipinski definition) is 1. The first-order valence-corrected chi connectivity index (χ1v) is 7.49. The van der Waals surface area contributed by atoms with Crippen molar-refractivity contribution in [2.75, 3.05) is 0 Å². The van der Waals surface area contributed by atoms with Gasteiger partial charge in [0.1, 0.15) is 0 Å². The van der Waals surface area contributed by atoms with E-state index in [9.17, 15) is 5.11 Å². The third-order valence-corrected chi connectivity index (χ3v) is 4.09. The lowest BCUT2D eigenvalue weighted by molar-refractivity contribution is 0.266. The molecule has 1 N–H and O–H groups in total. The minimum Gasteiger partial charge on any atom is -0.390 e. The maximum Gasteiger partial charge on any atom is 0.0832 e. The molecule has 0 amide bonds. The lowest BCUT2D eigenvalue weighted by Gasteiger charge is -2.23. The average Bonchev–Trinajstić information content (AvgIpc) is 2.72. The standard InChI is InChI=1S/C16H27NO/c1-13(2)11-17-15(8-9-16(17)12-18)10-14-6-4-3-5-7-14/h8-9,13-14,18H,3-7,10-12H2,1-2H3. The summed E-state index contributed by atoms with van der Waals surface area (Å²) < 4.78 is 2.35. The summed E-state index contributed by atoms with van der Waals surface area (Å²) >= 11 is 0. The van der Waals surface area contributed by atoms with Gasteiger partial charge in [-0.2, -0.15) is 0 Å². The van der Waals surface area contributed by atoms with Crippen LogP contribution in [-0.4, -0.2) is 9.67 Å². The highest BCUT2D eigenvalue weighted by molar-refractivity contribution is 5.17. The monoisotopic (exact) mass is 249 g/mol. The molecule has 1 aliphatic carbocycles. The Labute approximate surface area is 111 Å². The zero-order valence-corrected chi connectivity index (χ0v) is 11.9. The van der Waals surface area contributed by atoms with E-state index in [0.29, 0.717) is 5.92 Å². The Morgan fingerprint density at radius 2 is 1.83 bits per heavy atom. The number of aliphatic hydroxyl groups is 1. The van der Waals surface area contributed by atoms with E-state index in [-0.39, 0.29) is 6.61 Å². The summed E-state index contributed by atoms with van der Waals surface area (Å²) in [5, 5.41) is 9.43. The molecule has 0 aliphatic heterocycles. The minimum absolute atomic E-state index is 0.164. The summed E-state index contributed by atoms with van der Waals surface area (Å²) in [6, 6.07) is 4.32. The fraction of sp³-hybridized carbons (Fsp3) is 0.750. The predicted octanol–water partition coefficient (Wildman–Crippen LogP) is 3.76. The third-order valence-electron chi connectivity index (χ3n) is 4.09. The van der Waals surface area contributed by atoms with Gasteiger partial charge in [0.2, 0.25) is 0 Å². The van der Waals surface area contributed by atoms with Gasteiger partial charge in [-0.3, -0.25) is 0 Å². The van der Waals surface area contributed by atoms with Crippen LogP contribution in [-0.2, 0) is 19.6 Å². The van der Waals surface area contributed by atoms with E-state index in [2.05, 4.69) is 30.5 Å². The van der Waals surface area contributed by atoms with Gasteiger partial charge in [0, 0.05) is 17.9 Å². The zero-order valence-electron chi connectivity index (χ0n) is 11.9. The summed E-state index contributed by atoms with van der Waals surface area (Å²) in [6.45, 7) is 5.68. The molecule has 2 rings (SSSR count). The molecule has 1 aromatic heterocycles. The maximum absolute atomic E-state index is 9.43. The first kappa shape index (κ1) is 13.7. The second kappa shape index (κ2) is 6.42. The van der Waals surface area contributed by atoms with Gasteiger partial charge in [0.05, 0.1) is 6.61 Å². The molecule has 102 valence electrons. The van der Waals surface area contributed by atoms with Crippen molar-refractivity contribution < 1.29 is 5.11 Å². The van der Waals surface area contributed by atoms with Crippen LogP contribution in [0.15, 0.2) is 12.1 Å². The molecule has 1 aliphatic rings. The molecular weight excluding hydrogens is 222 g/mol. The minimum atomic E-state index is 0.164. The number of aromatic nitrogens is 1. The fourth-order valence-electron chi connectivity index (χ4n) is 3.16. The number of aliphatic hydroxyl groups excluding tert-OH is 1. The molecule has 0 unspecified atom stereocenters. The Hall–Kier alpha value is -0.760. The van der Waals surface area contributed by atoms with Gasteiger partial charge in [-0.05, 0) is 30.4 Å². The summed E-state index contributed by atoms with van der Waals surface area (Å²) in [5.74, 6) is 1.50. The molecule has 1 saturated carbocycles. The van der Waals surface area contributed by atoms with Crippen molar-refractivity contribution in [1.82, 2.24) is 4.57 Å². The van der Waals surface area contributed by atoms with E-state index in [1.165, 1.54) is 44.2 Å². The van der Waals surface area contributed by atoms with Gasteiger partial charge in [-0.1, -0.05) is 46.0 Å². The first-order valence-electron chi connectivity index (χ1n) is 7.49. The fourth-order valence-corrected chi connectivity index (χ4v) is 3.16. The van der Waals surface area contributed by atoms with Crippen LogP contribution >= 0.6 is 0 Å². The van der Waals surface area contributed by atoms with E-state index in [1.807, 2.05) is 0 Å². The van der Waals surface area contributed by atoms with Gasteiger partial charge >= 0.3 is 0 Å². The van der Waals surface area contributed by atoms with Crippen LogP contribution in [0.25, 0.3) is 0 Å². The van der Waals surface area contributed by atoms with E-state index in [1.54, 1.807) is 0 Å². The summed E-state index contributed by atoms with van der Waals surface area (Å²) in [6.07, 6.45) is 8.21. The molecule has 0 atom stereocenters. The van der Waals surface area contributed by atoms with E-state index in [4.69, 9.17) is 0 Å². The molecule has 0 bridgehead atoms. The lowest BCUT2D eigenvalue weighted by Crippen LogP contribution is -2.16. The van der Waals surface area contributed by atoms with Crippen molar-refractivity contribution in [3.63, 3.8) is 0 Å². The topological polar surface area (TPSA) is 25.2 Å². The highest BCUT2D eigenvalue weighted by Gasteiger charge is 2.17. The molecular formula is C16H27NO. The normalized spacial score (nSPS) is 17.6. The summed E-state index contributed by atoms with van der Waals surface area (Å²) in [7, 11) is 0. The zero-order chi connectivity index (χ0) is 13.0. The van der Waals surface area contributed by atoms with Gasteiger partial charge in [0.25, 0.3) is 0 Å². The Kier molecular flexibility index (Phi) is 4.87. The second-order valence-corrected chi connectivity index (χ2v) is 6.19. The van der Waals surface area contributed by atoms with Gasteiger partial charge in [0.15, 0.2) is 0 Å². The maximum atomic E-state index is 9.43. The number of nitrogens with zero attached hydrogens (tertiary/aromatic N) is 1. The Balaban J connectivity index is 2.08. The first-order chi connectivity index (χ1) is 8.70. The van der Waals surface area contributed by atoms with Gasteiger partial charge in [-0.15, -0.1) is 0 Å². The molecule has 1 heterocycles. The van der Waals surface area contributed by atoms with Crippen molar-refractivity contribution in [2.24, 2.45) is 11.8 Å². The summed E-state index contributed by atoms with van der Waals surface area (Å²) in [5.41, 5.74) is 2.51. The molecule has 2 nitrogen and oxygen atoms in total. The second-order valence-electron chi connectivity index (χ2n) is 6.19. The van der Waals surface area contributed by atoms with E-state index >= 15 is 0 Å².